The Morgan fingerprint density at radius 3 is 2.47 bits per heavy atom. The number of Topliss-reactive ketones (excluding diaryl/α,β-unsaturated/α-hetero) is 1. The lowest BCUT2D eigenvalue weighted by molar-refractivity contribution is -0.0176. The largest absolute Gasteiger partial charge is 0.486 e. The van der Waals surface area contributed by atoms with Crippen LogP contribution in [0.25, 0.3) is 11.0 Å². The van der Waals surface area contributed by atoms with Crippen LogP contribution in [-0.4, -0.2) is 45.4 Å². The summed E-state index contributed by atoms with van der Waals surface area (Å²) >= 11 is 0. The number of hydrogen-bond acceptors (Lipinski definition) is 4. The van der Waals surface area contributed by atoms with E-state index in [9.17, 15) is 4.79 Å². The number of nitrogens with one attached hydrogen (secondary N) is 1. The summed E-state index contributed by atoms with van der Waals surface area (Å²) < 4.78 is 6.48. The number of imidazole rings is 1. The van der Waals surface area contributed by atoms with Crippen LogP contribution in [-0.2, 0) is 12.8 Å². The Kier molecular flexibility index (Phi) is 5.56. The number of aromatic amines is 1. The normalized spacial score (nSPS) is 20.2. The third-order valence-corrected chi connectivity index (χ3v) is 6.89. The Morgan fingerprint density at radius 2 is 1.77 bits per heavy atom. The van der Waals surface area contributed by atoms with Crippen molar-refractivity contribution < 1.29 is 9.53 Å². The van der Waals surface area contributed by atoms with Gasteiger partial charge in [0.05, 0.1) is 29.3 Å². The number of carbonyl (C=O) groups excluding carboxylic acids is 1. The number of rotatable bonds is 1. The zero-order chi connectivity index (χ0) is 18.7. The quantitative estimate of drug-likeness (QED) is 0.603. The van der Waals surface area contributed by atoms with E-state index in [1.165, 1.54) is 11.1 Å². The molecule has 0 unspecified atom stereocenters. The van der Waals surface area contributed by atoms with Gasteiger partial charge in [-0.2, -0.15) is 0 Å². The third-order valence-electron chi connectivity index (χ3n) is 6.89. The third kappa shape index (κ3) is 3.39. The lowest BCUT2D eigenvalue weighted by Gasteiger charge is -2.45. The second kappa shape index (κ2) is 7.88. The fourth-order valence-corrected chi connectivity index (χ4v) is 5.29. The Morgan fingerprint density at radius 1 is 1.07 bits per heavy atom. The van der Waals surface area contributed by atoms with Crippen LogP contribution in [0.1, 0.15) is 40.7 Å². The molecular weight excluding hydrogens is 421 g/mol. The Bertz CT molecular complexity index is 1060. The molecule has 0 bridgehead atoms. The molecule has 158 valence electrons. The van der Waals surface area contributed by atoms with Crippen LogP contribution >= 0.6 is 24.8 Å². The van der Waals surface area contributed by atoms with Gasteiger partial charge in [-0.05, 0) is 30.0 Å². The number of ether oxygens (including phenoxy) is 1. The molecule has 5 nitrogen and oxygen atoms in total. The number of ketones is 1. The zero-order valence-electron chi connectivity index (χ0n) is 16.6. The predicted molar refractivity (Wildman–Crippen MR) is 121 cm³/mol. The zero-order valence-corrected chi connectivity index (χ0v) is 18.2. The number of likely N-dealkylation sites (tertiary alicyclic amines) is 1. The van der Waals surface area contributed by atoms with Crippen LogP contribution in [0, 0.1) is 0 Å². The summed E-state index contributed by atoms with van der Waals surface area (Å²) in [4.78, 5) is 22.9. The second-order valence-electron chi connectivity index (χ2n) is 8.52. The molecule has 3 heterocycles. The monoisotopic (exact) mass is 445 g/mol. The average molecular weight is 446 g/mol. The van der Waals surface area contributed by atoms with Gasteiger partial charge in [-0.25, -0.2) is 4.98 Å². The van der Waals surface area contributed by atoms with Gasteiger partial charge in [0.15, 0.2) is 5.78 Å². The first-order chi connectivity index (χ1) is 13.7. The minimum absolute atomic E-state index is 0. The lowest BCUT2D eigenvalue weighted by atomic mass is 9.82. The summed E-state index contributed by atoms with van der Waals surface area (Å²) in [5, 5.41) is 0. The molecule has 2 aliphatic heterocycles. The molecule has 0 amide bonds. The van der Waals surface area contributed by atoms with Crippen molar-refractivity contribution in [1.82, 2.24) is 14.9 Å². The first-order valence-electron chi connectivity index (χ1n) is 10.2. The van der Waals surface area contributed by atoms with Gasteiger partial charge >= 0.3 is 0 Å². The van der Waals surface area contributed by atoms with Crippen LogP contribution in [0.2, 0.25) is 0 Å². The molecule has 1 N–H and O–H groups in total. The molecule has 7 heteroatoms. The summed E-state index contributed by atoms with van der Waals surface area (Å²) in [6.07, 6.45) is 6.24. The standard InChI is InChI=1S/C23H23N3O2.2ClH/c27-21-13-23(28-22-12-20-19(11-18(21)22)24-14-25-20)5-7-26(8-6-23)17-9-15-3-1-2-4-16(15)10-17;;/h1-4,11-12,14,17H,5-10,13H2,(H,24,25);2*1H. The summed E-state index contributed by atoms with van der Waals surface area (Å²) in [5.41, 5.74) is 5.07. The average Bonchev–Trinajstić information content (AvgIpc) is 3.33. The summed E-state index contributed by atoms with van der Waals surface area (Å²) in [6.45, 7) is 1.98. The maximum Gasteiger partial charge on any atom is 0.170 e. The molecule has 3 aliphatic rings. The minimum atomic E-state index is -0.351. The van der Waals surface area contributed by atoms with E-state index in [0.717, 1.165) is 49.8 Å². The van der Waals surface area contributed by atoms with E-state index < -0.39 is 0 Å². The molecule has 1 saturated heterocycles. The van der Waals surface area contributed by atoms with Crippen molar-refractivity contribution in [2.45, 2.75) is 43.7 Å². The molecule has 30 heavy (non-hydrogen) atoms. The first kappa shape index (κ1) is 21.2. The molecule has 1 spiro atoms. The van der Waals surface area contributed by atoms with Crippen LogP contribution in [0.4, 0.5) is 0 Å². The fraction of sp³-hybridized carbons (Fsp3) is 0.391. The number of nitrogens with zero attached hydrogens (tertiary/aromatic N) is 2. The van der Waals surface area contributed by atoms with Crippen molar-refractivity contribution in [3.8, 4) is 5.75 Å². The van der Waals surface area contributed by atoms with E-state index in [-0.39, 0.29) is 36.2 Å². The highest BCUT2D eigenvalue weighted by atomic mass is 35.5. The number of carbonyl (C=O) groups is 1. The van der Waals surface area contributed by atoms with Crippen LogP contribution in [0.3, 0.4) is 0 Å². The number of halogens is 2. The molecule has 1 aliphatic carbocycles. The molecule has 3 aromatic rings. The van der Waals surface area contributed by atoms with E-state index in [2.05, 4.69) is 39.1 Å². The van der Waals surface area contributed by atoms with Gasteiger partial charge in [-0.1, -0.05) is 24.3 Å². The Labute approximate surface area is 188 Å². The molecule has 0 atom stereocenters. The van der Waals surface area contributed by atoms with Crippen LogP contribution in [0.5, 0.6) is 5.75 Å². The highest BCUT2D eigenvalue weighted by Crippen LogP contribution is 2.41. The van der Waals surface area contributed by atoms with E-state index in [4.69, 9.17) is 4.74 Å². The first-order valence-corrected chi connectivity index (χ1v) is 10.2. The van der Waals surface area contributed by atoms with Gasteiger partial charge in [0.2, 0.25) is 0 Å². The number of aromatic nitrogens is 2. The van der Waals surface area contributed by atoms with E-state index in [1.807, 2.05) is 12.1 Å². The lowest BCUT2D eigenvalue weighted by Crippen LogP contribution is -2.53. The number of fused-ring (bicyclic) bond motifs is 3. The molecule has 0 saturated carbocycles. The predicted octanol–water partition coefficient (Wildman–Crippen LogP) is 4.37. The molecule has 1 fully saturated rings. The van der Waals surface area contributed by atoms with Crippen molar-refractivity contribution in [3.05, 3.63) is 59.4 Å². The maximum atomic E-state index is 12.9. The smallest absolute Gasteiger partial charge is 0.170 e. The van der Waals surface area contributed by atoms with Gasteiger partial charge in [0.25, 0.3) is 0 Å². The van der Waals surface area contributed by atoms with Crippen molar-refractivity contribution in [3.63, 3.8) is 0 Å². The minimum Gasteiger partial charge on any atom is -0.486 e. The second-order valence-corrected chi connectivity index (χ2v) is 8.52. The van der Waals surface area contributed by atoms with Crippen molar-refractivity contribution in [2.75, 3.05) is 13.1 Å². The Hall–Kier alpha value is -2.08. The number of hydrogen-bond donors (Lipinski definition) is 1. The molecule has 0 radical (unpaired) electrons. The maximum absolute atomic E-state index is 12.9. The van der Waals surface area contributed by atoms with E-state index >= 15 is 0 Å². The van der Waals surface area contributed by atoms with E-state index in [0.29, 0.717) is 23.8 Å². The van der Waals surface area contributed by atoms with Crippen molar-refractivity contribution in [1.29, 1.82) is 0 Å². The van der Waals surface area contributed by atoms with Crippen LogP contribution < -0.4 is 4.74 Å². The number of benzene rings is 2. The number of piperidine rings is 1. The topological polar surface area (TPSA) is 58.2 Å². The number of H-pyrrole nitrogens is 1. The summed E-state index contributed by atoms with van der Waals surface area (Å²) in [5.74, 6) is 0.900. The van der Waals surface area contributed by atoms with Crippen molar-refractivity contribution >= 4 is 41.6 Å². The van der Waals surface area contributed by atoms with Gasteiger partial charge in [-0.15, -0.1) is 24.8 Å². The summed E-state index contributed by atoms with van der Waals surface area (Å²) in [7, 11) is 0. The molecule has 2 aromatic carbocycles. The Balaban J connectivity index is 0.00000109. The summed E-state index contributed by atoms with van der Waals surface area (Å²) in [6, 6.07) is 13.2. The highest BCUT2D eigenvalue weighted by molar-refractivity contribution is 6.03. The van der Waals surface area contributed by atoms with Gasteiger partial charge in [-0.3, -0.25) is 9.69 Å². The SMILES string of the molecule is Cl.Cl.O=C1CC2(CCN(C3Cc4ccccc4C3)CC2)Oc2cc3nc[nH]c3cc21. The fourth-order valence-electron chi connectivity index (χ4n) is 5.29. The molecule has 1 aromatic heterocycles. The molecule has 6 rings (SSSR count). The highest BCUT2D eigenvalue weighted by Gasteiger charge is 2.44. The van der Waals surface area contributed by atoms with Crippen molar-refractivity contribution in [2.24, 2.45) is 0 Å². The van der Waals surface area contributed by atoms with Gasteiger partial charge < -0.3 is 9.72 Å². The van der Waals surface area contributed by atoms with Gasteiger partial charge in [0, 0.05) is 38.0 Å². The van der Waals surface area contributed by atoms with Gasteiger partial charge in [0.1, 0.15) is 11.4 Å². The van der Waals surface area contributed by atoms with E-state index in [1.54, 1.807) is 6.33 Å². The van der Waals surface area contributed by atoms with Crippen LogP contribution in [0.15, 0.2) is 42.7 Å². The molecular formula is C23H25Cl2N3O2.